The smallest absolute Gasteiger partial charge is 0.127 e. The molecule has 96 valence electrons. The van der Waals surface area contributed by atoms with Crippen molar-refractivity contribution >= 4 is 11.9 Å². The van der Waals surface area contributed by atoms with Crippen molar-refractivity contribution in [3.8, 4) is 0 Å². The molecule has 0 spiro atoms. The van der Waals surface area contributed by atoms with Crippen LogP contribution < -0.4 is 21.7 Å². The highest BCUT2D eigenvalue weighted by molar-refractivity contribution is 5.69. The van der Waals surface area contributed by atoms with E-state index in [1.807, 2.05) is 6.92 Å². The molecule has 0 saturated carbocycles. The fourth-order valence-corrected chi connectivity index (χ4v) is 0.738. The number of quaternary nitrogens is 2. The van der Waals surface area contributed by atoms with Crippen LogP contribution in [-0.4, -0.2) is 24.0 Å². The van der Waals surface area contributed by atoms with Crippen molar-refractivity contribution in [3.05, 3.63) is 0 Å². The second-order valence-electron chi connectivity index (χ2n) is 3.97. The zero-order valence-electron chi connectivity index (χ0n) is 10.2. The van der Waals surface area contributed by atoms with Gasteiger partial charge in [0, 0.05) is 12.3 Å². The van der Waals surface area contributed by atoms with Crippen LogP contribution in [-0.2, 0) is 9.59 Å². The van der Waals surface area contributed by atoms with E-state index in [0.29, 0.717) is 6.42 Å². The van der Waals surface area contributed by atoms with Crippen molar-refractivity contribution in [3.63, 3.8) is 0 Å². The topological polar surface area (TPSA) is 136 Å². The Balaban J connectivity index is 0. The first-order chi connectivity index (χ1) is 7.23. The monoisotopic (exact) mass is 234 g/mol. The molecular formula is C10H22N2O4. The van der Waals surface area contributed by atoms with Gasteiger partial charge in [0.15, 0.2) is 0 Å². The fourth-order valence-electron chi connectivity index (χ4n) is 0.738. The second-order valence-corrected chi connectivity index (χ2v) is 3.97. The van der Waals surface area contributed by atoms with Crippen LogP contribution in [0.2, 0.25) is 0 Å². The van der Waals surface area contributed by atoms with Crippen LogP contribution in [0.3, 0.4) is 0 Å². The molecule has 0 fully saturated rings. The molecule has 6 nitrogen and oxygen atoms in total. The Morgan fingerprint density at radius 3 is 1.62 bits per heavy atom. The molecule has 0 bridgehead atoms. The van der Waals surface area contributed by atoms with E-state index in [1.54, 1.807) is 13.8 Å². The van der Waals surface area contributed by atoms with Gasteiger partial charge < -0.3 is 31.3 Å². The Morgan fingerprint density at radius 1 is 1.12 bits per heavy atom. The fraction of sp³-hybridized carbons (Fsp3) is 0.800. The van der Waals surface area contributed by atoms with E-state index in [-0.39, 0.29) is 5.92 Å². The third kappa shape index (κ3) is 9.42. The minimum Gasteiger partial charge on any atom is -0.544 e. The molecule has 2 atom stereocenters. The van der Waals surface area contributed by atoms with Gasteiger partial charge >= 0.3 is 0 Å². The number of rotatable bonds is 5. The molecule has 0 aromatic rings. The maximum atomic E-state index is 9.97. The summed E-state index contributed by atoms with van der Waals surface area (Å²) in [6, 6.07) is -1.10. The van der Waals surface area contributed by atoms with E-state index in [1.165, 1.54) is 0 Å². The van der Waals surface area contributed by atoms with E-state index in [9.17, 15) is 19.8 Å². The van der Waals surface area contributed by atoms with Crippen LogP contribution in [0.25, 0.3) is 0 Å². The molecule has 6 heteroatoms. The number of hydrogen-bond donors (Lipinski definition) is 2. The van der Waals surface area contributed by atoms with E-state index in [2.05, 4.69) is 11.5 Å². The van der Waals surface area contributed by atoms with E-state index < -0.39 is 24.0 Å². The first-order valence-corrected chi connectivity index (χ1v) is 5.31. The number of carboxylic acid groups (broad SMARTS) is 2. The highest BCUT2D eigenvalue weighted by Crippen LogP contribution is 1.92. The van der Waals surface area contributed by atoms with Gasteiger partial charge in [-0.1, -0.05) is 27.2 Å². The number of hydrogen-bond acceptors (Lipinski definition) is 4. The zero-order chi connectivity index (χ0) is 13.3. The van der Waals surface area contributed by atoms with Gasteiger partial charge in [0.05, 0.1) is 11.9 Å². The molecule has 0 aliphatic heterocycles. The summed E-state index contributed by atoms with van der Waals surface area (Å²) in [7, 11) is 0. The van der Waals surface area contributed by atoms with Crippen LogP contribution in [0.1, 0.15) is 33.6 Å². The van der Waals surface area contributed by atoms with Gasteiger partial charge in [0.2, 0.25) is 0 Å². The van der Waals surface area contributed by atoms with Crippen molar-refractivity contribution in [2.75, 3.05) is 0 Å². The van der Waals surface area contributed by atoms with Crippen molar-refractivity contribution < 1.29 is 31.3 Å². The van der Waals surface area contributed by atoms with Crippen LogP contribution >= 0.6 is 0 Å². The molecule has 0 aromatic heterocycles. The largest absolute Gasteiger partial charge is 0.544 e. The lowest BCUT2D eigenvalue weighted by Gasteiger charge is -2.11. The van der Waals surface area contributed by atoms with Crippen molar-refractivity contribution in [1.82, 2.24) is 0 Å². The summed E-state index contributed by atoms with van der Waals surface area (Å²) in [5, 5.41) is 19.9. The van der Waals surface area contributed by atoms with Crippen molar-refractivity contribution in [2.24, 2.45) is 5.92 Å². The Morgan fingerprint density at radius 2 is 1.56 bits per heavy atom. The van der Waals surface area contributed by atoms with Crippen molar-refractivity contribution in [2.45, 2.75) is 45.7 Å². The first-order valence-electron chi connectivity index (χ1n) is 5.31. The number of carbonyl (C=O) groups is 2. The minimum absolute atomic E-state index is 0.0694. The standard InChI is InChI=1S/2C5H11NO2/c1-3(2)4(6)5(7)8;1-2-3-4(6)5(7)8/h3-4H,6H2,1-2H3,(H,7,8);4H,2-3,6H2,1H3,(H,7,8)/t2*4-/m01/s1. The van der Waals surface area contributed by atoms with Gasteiger partial charge in [-0.15, -0.1) is 0 Å². The Bertz CT molecular complexity index is 219. The van der Waals surface area contributed by atoms with Crippen LogP contribution in [0.4, 0.5) is 0 Å². The molecule has 0 heterocycles. The maximum Gasteiger partial charge on any atom is 0.127 e. The average Bonchev–Trinajstić information content (AvgIpc) is 2.17. The van der Waals surface area contributed by atoms with Gasteiger partial charge in [0.1, 0.15) is 12.1 Å². The molecule has 0 unspecified atom stereocenters. The molecular weight excluding hydrogens is 212 g/mol. The number of aliphatic carboxylic acids is 2. The van der Waals surface area contributed by atoms with Gasteiger partial charge in [-0.05, 0) is 0 Å². The van der Waals surface area contributed by atoms with Gasteiger partial charge in [-0.3, -0.25) is 0 Å². The molecule has 0 aromatic carbocycles. The van der Waals surface area contributed by atoms with Gasteiger partial charge in [0.25, 0.3) is 0 Å². The molecule has 0 rings (SSSR count). The Labute approximate surface area is 95.6 Å². The summed E-state index contributed by atoms with van der Waals surface area (Å²) in [5.41, 5.74) is 6.74. The van der Waals surface area contributed by atoms with Gasteiger partial charge in [-0.2, -0.15) is 0 Å². The summed E-state index contributed by atoms with van der Waals surface area (Å²) in [6.07, 6.45) is 1.46. The summed E-state index contributed by atoms with van der Waals surface area (Å²) in [6.45, 7) is 5.52. The lowest BCUT2D eigenvalue weighted by Crippen LogP contribution is -2.70. The second kappa shape index (κ2) is 9.11. The lowest BCUT2D eigenvalue weighted by molar-refractivity contribution is -0.446. The van der Waals surface area contributed by atoms with E-state index in [0.717, 1.165) is 6.42 Å². The van der Waals surface area contributed by atoms with E-state index >= 15 is 0 Å². The number of carbonyl (C=O) groups excluding carboxylic acids is 2. The first kappa shape index (κ1) is 17.3. The van der Waals surface area contributed by atoms with Crippen molar-refractivity contribution in [1.29, 1.82) is 0 Å². The quantitative estimate of drug-likeness (QED) is 0.503. The SMILES string of the molecule is CC(C)[C@H]([NH3+])C(=O)[O-].CCC[C@@H]([NH3+])C(=O)[O-]. The van der Waals surface area contributed by atoms with E-state index in [4.69, 9.17) is 0 Å². The molecule has 0 aliphatic carbocycles. The van der Waals surface area contributed by atoms with Crippen LogP contribution in [0, 0.1) is 5.92 Å². The molecule has 0 saturated heterocycles. The molecule has 0 amide bonds. The number of carboxylic acids is 2. The molecule has 16 heavy (non-hydrogen) atoms. The summed E-state index contributed by atoms with van der Waals surface area (Å²) >= 11 is 0. The lowest BCUT2D eigenvalue weighted by atomic mass is 10.1. The highest BCUT2D eigenvalue weighted by atomic mass is 16.4. The van der Waals surface area contributed by atoms with Gasteiger partial charge in [-0.25, -0.2) is 0 Å². The van der Waals surface area contributed by atoms with Crippen LogP contribution in [0.15, 0.2) is 0 Å². The third-order valence-corrected chi connectivity index (χ3v) is 2.08. The summed E-state index contributed by atoms with van der Waals surface area (Å²) in [5.74, 6) is -2.05. The maximum absolute atomic E-state index is 9.97. The molecule has 6 N–H and O–H groups in total. The molecule has 0 aliphatic rings. The highest BCUT2D eigenvalue weighted by Gasteiger charge is 2.10. The van der Waals surface area contributed by atoms with Crippen LogP contribution in [0.5, 0.6) is 0 Å². The summed E-state index contributed by atoms with van der Waals surface area (Å²) in [4.78, 5) is 19.9. The average molecular weight is 234 g/mol. The zero-order valence-corrected chi connectivity index (χ0v) is 10.2. The predicted molar refractivity (Wildman–Crippen MR) is 53.1 cm³/mol. The predicted octanol–water partition coefficient (Wildman–Crippen LogP) is -3.85. The minimum atomic E-state index is -1.07. The Hall–Kier alpha value is -1.14. The molecule has 0 radical (unpaired) electrons. The normalized spacial score (nSPS) is 13.6. The summed E-state index contributed by atoms with van der Waals surface area (Å²) < 4.78 is 0. The Kier molecular flexibility index (Phi) is 9.83. The third-order valence-electron chi connectivity index (χ3n) is 2.08.